The van der Waals surface area contributed by atoms with Crippen molar-refractivity contribution in [1.29, 1.82) is 5.26 Å². The molecular formula is C15H24N4O. The predicted octanol–water partition coefficient (Wildman–Crippen LogP) is 0.895. The molecule has 3 atom stereocenters. The number of hydrogen-bond donors (Lipinski definition) is 2. The van der Waals surface area contributed by atoms with E-state index in [9.17, 15) is 4.79 Å². The van der Waals surface area contributed by atoms with E-state index in [1.54, 1.807) is 4.90 Å². The van der Waals surface area contributed by atoms with Crippen LogP contribution in [0.1, 0.15) is 51.4 Å². The number of likely N-dealkylation sites (tertiary alicyclic amines) is 1. The SMILES string of the molecule is N#C[C@@H]1CCCN1C(=O)CNC12CCCC(N)(CC1)C2. The minimum atomic E-state index is -0.217. The van der Waals surface area contributed by atoms with Crippen molar-refractivity contribution in [3.8, 4) is 6.07 Å². The normalized spacial score (nSPS) is 39.8. The van der Waals surface area contributed by atoms with E-state index in [4.69, 9.17) is 11.0 Å². The summed E-state index contributed by atoms with van der Waals surface area (Å²) in [6.45, 7) is 1.08. The summed E-state index contributed by atoms with van der Waals surface area (Å²) < 4.78 is 0. The molecule has 1 aliphatic heterocycles. The van der Waals surface area contributed by atoms with Gasteiger partial charge in [-0.25, -0.2) is 0 Å². The highest BCUT2D eigenvalue weighted by Crippen LogP contribution is 2.46. The zero-order valence-corrected chi connectivity index (χ0v) is 12.0. The number of nitrogens with zero attached hydrogens (tertiary/aromatic N) is 2. The van der Waals surface area contributed by atoms with Gasteiger partial charge in [0.05, 0.1) is 12.6 Å². The smallest absolute Gasteiger partial charge is 0.237 e. The van der Waals surface area contributed by atoms with Crippen molar-refractivity contribution in [1.82, 2.24) is 10.2 Å². The van der Waals surface area contributed by atoms with Gasteiger partial charge in [-0.3, -0.25) is 4.79 Å². The molecule has 2 bridgehead atoms. The molecule has 1 heterocycles. The van der Waals surface area contributed by atoms with Gasteiger partial charge in [-0.1, -0.05) is 0 Å². The number of rotatable bonds is 3. The number of amides is 1. The zero-order valence-electron chi connectivity index (χ0n) is 12.0. The number of carbonyl (C=O) groups excluding carboxylic acids is 1. The molecule has 2 saturated carbocycles. The van der Waals surface area contributed by atoms with Crippen LogP contribution in [-0.4, -0.2) is 41.0 Å². The Bertz CT molecular complexity index is 446. The van der Waals surface area contributed by atoms with Gasteiger partial charge < -0.3 is 16.0 Å². The first kappa shape index (κ1) is 13.8. The lowest BCUT2D eigenvalue weighted by molar-refractivity contribution is -0.130. The number of fused-ring (bicyclic) bond motifs is 2. The summed E-state index contributed by atoms with van der Waals surface area (Å²) in [5.74, 6) is 0.0727. The van der Waals surface area contributed by atoms with Crippen LogP contribution in [-0.2, 0) is 4.79 Å². The third-order valence-corrected chi connectivity index (χ3v) is 5.46. The summed E-state index contributed by atoms with van der Waals surface area (Å²) in [7, 11) is 0. The second-order valence-corrected chi connectivity index (χ2v) is 6.90. The van der Waals surface area contributed by atoms with E-state index in [1.165, 1.54) is 0 Å². The molecule has 2 aliphatic carbocycles. The molecule has 0 spiro atoms. The summed E-state index contributed by atoms with van der Waals surface area (Å²) in [4.78, 5) is 14.0. The van der Waals surface area contributed by atoms with E-state index in [2.05, 4.69) is 11.4 Å². The second kappa shape index (κ2) is 5.01. The average molecular weight is 276 g/mol. The summed E-state index contributed by atoms with van der Waals surface area (Å²) in [5, 5.41) is 12.6. The Morgan fingerprint density at radius 3 is 3.00 bits per heavy atom. The molecule has 1 saturated heterocycles. The van der Waals surface area contributed by atoms with E-state index in [-0.39, 0.29) is 23.0 Å². The topological polar surface area (TPSA) is 82.2 Å². The van der Waals surface area contributed by atoms with Gasteiger partial charge in [-0.2, -0.15) is 5.26 Å². The Balaban J connectivity index is 1.57. The maximum absolute atomic E-state index is 12.3. The zero-order chi connectivity index (χ0) is 14.2. The minimum absolute atomic E-state index is 0.00285. The van der Waals surface area contributed by atoms with Crippen LogP contribution in [0.25, 0.3) is 0 Å². The van der Waals surface area contributed by atoms with Gasteiger partial charge in [0.2, 0.25) is 5.91 Å². The third-order valence-electron chi connectivity index (χ3n) is 5.46. The maximum Gasteiger partial charge on any atom is 0.237 e. The molecule has 2 unspecified atom stereocenters. The van der Waals surface area contributed by atoms with E-state index in [0.717, 1.165) is 57.9 Å². The molecular weight excluding hydrogens is 252 g/mol. The Morgan fingerprint density at radius 1 is 1.35 bits per heavy atom. The van der Waals surface area contributed by atoms with Crippen molar-refractivity contribution < 1.29 is 4.79 Å². The van der Waals surface area contributed by atoms with Crippen LogP contribution in [0, 0.1) is 11.3 Å². The Morgan fingerprint density at radius 2 is 2.20 bits per heavy atom. The third kappa shape index (κ3) is 2.43. The van der Waals surface area contributed by atoms with E-state index in [1.807, 2.05) is 0 Å². The highest BCUT2D eigenvalue weighted by Gasteiger charge is 2.48. The molecule has 3 N–H and O–H groups in total. The molecule has 3 rings (SSSR count). The van der Waals surface area contributed by atoms with Crippen LogP contribution in [0.3, 0.4) is 0 Å². The molecule has 5 nitrogen and oxygen atoms in total. The lowest BCUT2D eigenvalue weighted by Crippen LogP contribution is -2.53. The van der Waals surface area contributed by atoms with Crippen LogP contribution in [0.2, 0.25) is 0 Å². The molecule has 3 aliphatic rings. The van der Waals surface area contributed by atoms with Gasteiger partial charge in [-0.15, -0.1) is 0 Å². The fraction of sp³-hybridized carbons (Fsp3) is 0.867. The van der Waals surface area contributed by atoms with Crippen LogP contribution in [0.5, 0.6) is 0 Å². The summed E-state index contributed by atoms with van der Waals surface area (Å²) in [5.41, 5.74) is 6.45. The van der Waals surface area contributed by atoms with Gasteiger partial charge in [-0.05, 0) is 51.4 Å². The Labute approximate surface area is 120 Å². The van der Waals surface area contributed by atoms with Crippen LogP contribution < -0.4 is 11.1 Å². The van der Waals surface area contributed by atoms with Crippen molar-refractivity contribution in [2.45, 2.75) is 68.5 Å². The fourth-order valence-corrected chi connectivity index (χ4v) is 4.35. The molecule has 3 fully saturated rings. The number of nitrogens with two attached hydrogens (primary N) is 1. The first-order chi connectivity index (χ1) is 9.56. The summed E-state index contributed by atoms with van der Waals surface area (Å²) >= 11 is 0. The number of carbonyl (C=O) groups is 1. The molecule has 20 heavy (non-hydrogen) atoms. The number of nitriles is 1. The second-order valence-electron chi connectivity index (χ2n) is 6.90. The number of nitrogens with one attached hydrogen (secondary N) is 1. The summed E-state index contributed by atoms with van der Waals surface area (Å²) in [6.07, 6.45) is 8.31. The summed E-state index contributed by atoms with van der Waals surface area (Å²) in [6, 6.07) is 2.01. The van der Waals surface area contributed by atoms with Gasteiger partial charge in [0.15, 0.2) is 0 Å². The Kier molecular flexibility index (Phi) is 3.47. The molecule has 0 radical (unpaired) electrons. The van der Waals surface area contributed by atoms with E-state index < -0.39 is 0 Å². The average Bonchev–Trinajstić information content (AvgIpc) is 2.99. The van der Waals surface area contributed by atoms with Crippen molar-refractivity contribution in [2.75, 3.05) is 13.1 Å². The van der Waals surface area contributed by atoms with Crippen molar-refractivity contribution in [3.63, 3.8) is 0 Å². The van der Waals surface area contributed by atoms with Crippen molar-refractivity contribution in [3.05, 3.63) is 0 Å². The highest BCUT2D eigenvalue weighted by molar-refractivity contribution is 5.79. The van der Waals surface area contributed by atoms with Crippen LogP contribution in [0.4, 0.5) is 0 Å². The molecule has 0 aromatic rings. The van der Waals surface area contributed by atoms with E-state index >= 15 is 0 Å². The lowest BCUT2D eigenvalue weighted by atomic mass is 9.79. The van der Waals surface area contributed by atoms with Gasteiger partial charge in [0.1, 0.15) is 6.04 Å². The minimum Gasteiger partial charge on any atom is -0.326 e. The van der Waals surface area contributed by atoms with Crippen LogP contribution >= 0.6 is 0 Å². The van der Waals surface area contributed by atoms with E-state index in [0.29, 0.717) is 6.54 Å². The molecule has 5 heteroatoms. The molecule has 1 amide bonds. The van der Waals surface area contributed by atoms with Gasteiger partial charge in [0, 0.05) is 17.6 Å². The quantitative estimate of drug-likeness (QED) is 0.802. The fourth-order valence-electron chi connectivity index (χ4n) is 4.35. The first-order valence-electron chi connectivity index (χ1n) is 7.79. The maximum atomic E-state index is 12.3. The molecule has 0 aromatic carbocycles. The molecule has 110 valence electrons. The first-order valence-corrected chi connectivity index (χ1v) is 7.79. The van der Waals surface area contributed by atoms with Crippen molar-refractivity contribution >= 4 is 5.91 Å². The van der Waals surface area contributed by atoms with Gasteiger partial charge >= 0.3 is 0 Å². The largest absolute Gasteiger partial charge is 0.326 e. The predicted molar refractivity (Wildman–Crippen MR) is 75.7 cm³/mol. The van der Waals surface area contributed by atoms with Crippen LogP contribution in [0.15, 0.2) is 0 Å². The highest BCUT2D eigenvalue weighted by atomic mass is 16.2. The van der Waals surface area contributed by atoms with Gasteiger partial charge in [0.25, 0.3) is 0 Å². The Hall–Kier alpha value is -1.12. The van der Waals surface area contributed by atoms with Crippen molar-refractivity contribution in [2.24, 2.45) is 5.73 Å². The monoisotopic (exact) mass is 276 g/mol. The standard InChI is InChI=1S/C15H24N4O/c16-9-12-3-1-8-19(12)13(20)10-18-15-5-2-4-14(17,11-15)6-7-15/h12,18H,1-8,10-11,17H2/t12-,14?,15?/m0/s1. The molecule has 0 aromatic heterocycles. The lowest BCUT2D eigenvalue weighted by Gasteiger charge is -2.38. The number of hydrogen-bond acceptors (Lipinski definition) is 4.